The van der Waals surface area contributed by atoms with Crippen LogP contribution in [-0.4, -0.2) is 31.4 Å². The van der Waals surface area contributed by atoms with Gasteiger partial charge in [-0.1, -0.05) is 11.8 Å². The Kier molecular flexibility index (Phi) is 4.16. The summed E-state index contributed by atoms with van der Waals surface area (Å²) in [6, 6.07) is 0. The quantitative estimate of drug-likeness (QED) is 0.809. The van der Waals surface area contributed by atoms with Crippen LogP contribution in [0, 0.1) is 0 Å². The minimum absolute atomic E-state index is 0.00141. The second-order valence-electron chi connectivity index (χ2n) is 3.32. The van der Waals surface area contributed by atoms with Gasteiger partial charge in [0.1, 0.15) is 4.34 Å². The van der Waals surface area contributed by atoms with Crippen molar-refractivity contribution in [1.29, 1.82) is 0 Å². The number of thioether (sulfide) groups is 1. The Labute approximate surface area is 107 Å². The number of nitrogens with zero attached hydrogens (tertiary/aromatic N) is 3. The highest BCUT2D eigenvalue weighted by Gasteiger charge is 2.06. The second kappa shape index (κ2) is 5.83. The summed E-state index contributed by atoms with van der Waals surface area (Å²) >= 11 is 3.12. The van der Waals surface area contributed by atoms with E-state index in [0.29, 0.717) is 5.69 Å². The Hall–Kier alpha value is -1.34. The lowest BCUT2D eigenvalue weighted by Gasteiger charge is -1.99. The second-order valence-corrected chi connectivity index (χ2v) is 5.52. The zero-order valence-corrected chi connectivity index (χ0v) is 10.6. The summed E-state index contributed by atoms with van der Waals surface area (Å²) in [5.74, 6) is 0.0568. The summed E-state index contributed by atoms with van der Waals surface area (Å²) in [5.41, 5.74) is 0.632. The van der Waals surface area contributed by atoms with Crippen LogP contribution in [0.15, 0.2) is 28.4 Å². The normalized spacial score (nSPS) is 10.6. The minimum Gasteiger partial charge on any atom is -0.481 e. The summed E-state index contributed by atoms with van der Waals surface area (Å²) < 4.78 is 2.92. The number of aliphatic carboxylic acids is 1. The molecule has 0 unspecified atom stereocenters. The molecule has 0 saturated carbocycles. The SMILES string of the molecule is O=C(O)Cc1csc(SCCn2ccnc2)n1. The zero-order chi connectivity index (χ0) is 12.1. The van der Waals surface area contributed by atoms with Crippen molar-refractivity contribution in [2.24, 2.45) is 0 Å². The zero-order valence-electron chi connectivity index (χ0n) is 8.94. The van der Waals surface area contributed by atoms with Crippen molar-refractivity contribution in [3.05, 3.63) is 29.8 Å². The first-order chi connectivity index (χ1) is 8.24. The van der Waals surface area contributed by atoms with E-state index < -0.39 is 5.97 Å². The summed E-state index contributed by atoms with van der Waals surface area (Å²) in [7, 11) is 0. The van der Waals surface area contributed by atoms with Crippen LogP contribution in [0.3, 0.4) is 0 Å². The number of hydrogen-bond donors (Lipinski definition) is 1. The Morgan fingerprint density at radius 1 is 1.59 bits per heavy atom. The largest absolute Gasteiger partial charge is 0.481 e. The summed E-state index contributed by atoms with van der Waals surface area (Å²) in [6.45, 7) is 0.874. The van der Waals surface area contributed by atoms with Gasteiger partial charge in [-0.15, -0.1) is 11.3 Å². The Morgan fingerprint density at radius 3 is 3.18 bits per heavy atom. The fourth-order valence-corrected chi connectivity index (χ4v) is 3.12. The van der Waals surface area contributed by atoms with Gasteiger partial charge >= 0.3 is 5.97 Å². The third-order valence-corrected chi connectivity index (χ3v) is 4.05. The first-order valence-corrected chi connectivity index (χ1v) is 6.85. The minimum atomic E-state index is -0.842. The summed E-state index contributed by atoms with van der Waals surface area (Å²) in [6.07, 6.45) is 5.44. The van der Waals surface area contributed by atoms with Gasteiger partial charge in [-0.25, -0.2) is 9.97 Å². The maximum Gasteiger partial charge on any atom is 0.309 e. The predicted molar refractivity (Wildman–Crippen MR) is 66.4 cm³/mol. The van der Waals surface area contributed by atoms with Crippen LogP contribution in [0.4, 0.5) is 0 Å². The molecule has 0 fully saturated rings. The molecule has 7 heteroatoms. The van der Waals surface area contributed by atoms with Crippen LogP contribution in [0.1, 0.15) is 5.69 Å². The molecule has 1 N–H and O–H groups in total. The fourth-order valence-electron chi connectivity index (χ4n) is 1.25. The van der Waals surface area contributed by atoms with Crippen molar-refractivity contribution in [1.82, 2.24) is 14.5 Å². The highest BCUT2D eigenvalue weighted by Crippen LogP contribution is 2.22. The molecule has 0 aliphatic heterocycles. The number of thiazole rings is 1. The van der Waals surface area contributed by atoms with Gasteiger partial charge in [0, 0.05) is 30.1 Å². The van der Waals surface area contributed by atoms with Gasteiger partial charge in [0.2, 0.25) is 0 Å². The number of carbonyl (C=O) groups is 1. The van der Waals surface area contributed by atoms with E-state index in [1.54, 1.807) is 29.7 Å². The molecule has 0 aromatic carbocycles. The average molecular weight is 269 g/mol. The molecular weight excluding hydrogens is 258 g/mol. The molecule has 0 aliphatic carbocycles. The number of aryl methyl sites for hydroxylation is 1. The fraction of sp³-hybridized carbons (Fsp3) is 0.300. The molecule has 2 aromatic heterocycles. The van der Waals surface area contributed by atoms with Gasteiger partial charge in [0.05, 0.1) is 18.4 Å². The third-order valence-electron chi connectivity index (χ3n) is 2.00. The van der Waals surface area contributed by atoms with E-state index in [-0.39, 0.29) is 6.42 Å². The van der Waals surface area contributed by atoms with Crippen LogP contribution < -0.4 is 0 Å². The number of hydrogen-bond acceptors (Lipinski definition) is 5. The van der Waals surface area contributed by atoms with Crippen LogP contribution in [0.5, 0.6) is 0 Å². The van der Waals surface area contributed by atoms with E-state index >= 15 is 0 Å². The van der Waals surface area contributed by atoms with Gasteiger partial charge in [-0.2, -0.15) is 0 Å². The molecule has 0 amide bonds. The smallest absolute Gasteiger partial charge is 0.309 e. The molecule has 0 aliphatic rings. The molecule has 0 spiro atoms. The van der Waals surface area contributed by atoms with E-state index in [1.807, 2.05) is 10.8 Å². The van der Waals surface area contributed by atoms with Crippen molar-refractivity contribution < 1.29 is 9.90 Å². The van der Waals surface area contributed by atoms with E-state index in [1.165, 1.54) is 11.3 Å². The van der Waals surface area contributed by atoms with Gasteiger partial charge in [-0.05, 0) is 0 Å². The van der Waals surface area contributed by atoms with Gasteiger partial charge in [0.15, 0.2) is 0 Å². The van der Waals surface area contributed by atoms with E-state index in [4.69, 9.17) is 5.11 Å². The number of imidazole rings is 1. The lowest BCUT2D eigenvalue weighted by molar-refractivity contribution is -0.136. The maximum atomic E-state index is 10.5. The predicted octanol–water partition coefficient (Wildman–Crippen LogP) is 1.76. The van der Waals surface area contributed by atoms with Crippen molar-refractivity contribution in [3.8, 4) is 0 Å². The van der Waals surface area contributed by atoms with Crippen molar-refractivity contribution in [3.63, 3.8) is 0 Å². The highest BCUT2D eigenvalue weighted by molar-refractivity contribution is 8.00. The molecule has 90 valence electrons. The molecule has 0 bridgehead atoms. The first kappa shape index (κ1) is 12.1. The number of carboxylic acid groups (broad SMARTS) is 1. The molecule has 2 aromatic rings. The van der Waals surface area contributed by atoms with E-state index in [2.05, 4.69) is 9.97 Å². The monoisotopic (exact) mass is 269 g/mol. The first-order valence-electron chi connectivity index (χ1n) is 4.99. The molecule has 0 radical (unpaired) electrons. The van der Waals surface area contributed by atoms with Crippen LogP contribution in [-0.2, 0) is 17.8 Å². The average Bonchev–Trinajstić information content (AvgIpc) is 2.89. The highest BCUT2D eigenvalue weighted by atomic mass is 32.2. The van der Waals surface area contributed by atoms with Gasteiger partial charge in [0.25, 0.3) is 0 Å². The van der Waals surface area contributed by atoms with Gasteiger partial charge < -0.3 is 9.67 Å². The Bertz CT molecular complexity index is 481. The van der Waals surface area contributed by atoms with E-state index in [9.17, 15) is 4.79 Å². The Balaban J connectivity index is 1.79. The van der Waals surface area contributed by atoms with Crippen LogP contribution >= 0.6 is 23.1 Å². The van der Waals surface area contributed by atoms with Crippen LogP contribution in [0.25, 0.3) is 0 Å². The van der Waals surface area contributed by atoms with Gasteiger partial charge in [-0.3, -0.25) is 4.79 Å². The molecule has 0 saturated heterocycles. The molecule has 2 heterocycles. The maximum absolute atomic E-state index is 10.5. The van der Waals surface area contributed by atoms with Crippen molar-refractivity contribution in [2.45, 2.75) is 17.3 Å². The molecule has 5 nitrogen and oxygen atoms in total. The molecule has 0 atom stereocenters. The molecular formula is C10H11N3O2S2. The number of rotatable bonds is 6. The molecule has 2 rings (SSSR count). The third kappa shape index (κ3) is 3.86. The lowest BCUT2D eigenvalue weighted by atomic mass is 10.3. The molecule has 17 heavy (non-hydrogen) atoms. The van der Waals surface area contributed by atoms with Crippen molar-refractivity contribution >= 4 is 29.1 Å². The summed E-state index contributed by atoms with van der Waals surface area (Å²) in [5, 5.41) is 10.4. The van der Waals surface area contributed by atoms with Crippen LogP contribution in [0.2, 0.25) is 0 Å². The topological polar surface area (TPSA) is 68.0 Å². The lowest BCUT2D eigenvalue weighted by Crippen LogP contribution is -2.00. The number of carboxylic acids is 1. The summed E-state index contributed by atoms with van der Waals surface area (Å²) in [4.78, 5) is 18.7. The standard InChI is InChI=1S/C10H11N3O2S2/c14-9(15)5-8-6-17-10(12-8)16-4-3-13-2-1-11-7-13/h1-2,6-7H,3-5H2,(H,14,15). The Morgan fingerprint density at radius 2 is 2.47 bits per heavy atom. The number of aromatic nitrogens is 3. The van der Waals surface area contributed by atoms with E-state index in [0.717, 1.165) is 16.6 Å². The van der Waals surface area contributed by atoms with Crippen molar-refractivity contribution in [2.75, 3.05) is 5.75 Å².